The van der Waals surface area contributed by atoms with E-state index in [4.69, 9.17) is 17.3 Å². The number of anilines is 2. The average molecular weight is 235 g/mol. The SMILES string of the molecule is CSCCNc1cc(Cl)c(F)cc1N. The Morgan fingerprint density at radius 1 is 1.57 bits per heavy atom. The summed E-state index contributed by atoms with van der Waals surface area (Å²) in [5.41, 5.74) is 6.67. The van der Waals surface area contributed by atoms with Gasteiger partial charge in [-0.15, -0.1) is 0 Å². The molecule has 2 nitrogen and oxygen atoms in total. The van der Waals surface area contributed by atoms with Crippen LogP contribution in [0.4, 0.5) is 15.8 Å². The van der Waals surface area contributed by atoms with Gasteiger partial charge in [-0.2, -0.15) is 11.8 Å². The molecule has 0 saturated carbocycles. The first-order chi connectivity index (χ1) is 6.65. The number of hydrogen-bond acceptors (Lipinski definition) is 3. The van der Waals surface area contributed by atoms with Gasteiger partial charge in [0.25, 0.3) is 0 Å². The molecule has 0 spiro atoms. The van der Waals surface area contributed by atoms with Crippen molar-refractivity contribution in [1.29, 1.82) is 0 Å². The number of nitrogens with two attached hydrogens (primary N) is 1. The number of rotatable bonds is 4. The summed E-state index contributed by atoms with van der Waals surface area (Å²) in [5, 5.41) is 3.17. The summed E-state index contributed by atoms with van der Waals surface area (Å²) >= 11 is 7.35. The Kier molecular flexibility index (Phi) is 4.35. The zero-order chi connectivity index (χ0) is 10.6. The van der Waals surface area contributed by atoms with Gasteiger partial charge in [0, 0.05) is 18.4 Å². The smallest absolute Gasteiger partial charge is 0.143 e. The maximum Gasteiger partial charge on any atom is 0.143 e. The molecule has 1 aromatic rings. The van der Waals surface area contributed by atoms with E-state index in [0.717, 1.165) is 12.3 Å². The highest BCUT2D eigenvalue weighted by atomic mass is 35.5. The third-order valence-electron chi connectivity index (χ3n) is 1.71. The Hall–Kier alpha value is -0.610. The summed E-state index contributed by atoms with van der Waals surface area (Å²) in [6, 6.07) is 2.73. The van der Waals surface area contributed by atoms with Crippen molar-refractivity contribution in [2.45, 2.75) is 0 Å². The van der Waals surface area contributed by atoms with Crippen molar-refractivity contribution in [1.82, 2.24) is 0 Å². The minimum Gasteiger partial charge on any atom is -0.397 e. The number of nitrogens with one attached hydrogen (secondary N) is 1. The van der Waals surface area contributed by atoms with Crippen molar-refractivity contribution < 1.29 is 4.39 Å². The number of hydrogen-bond donors (Lipinski definition) is 2. The second-order valence-electron chi connectivity index (χ2n) is 2.77. The van der Waals surface area contributed by atoms with Crippen LogP contribution in [0, 0.1) is 5.82 Å². The Morgan fingerprint density at radius 3 is 2.93 bits per heavy atom. The summed E-state index contributed by atoms with van der Waals surface area (Å²) in [4.78, 5) is 0. The molecule has 0 amide bonds. The summed E-state index contributed by atoms with van der Waals surface area (Å²) < 4.78 is 12.9. The Balaban J connectivity index is 2.72. The van der Waals surface area contributed by atoms with E-state index in [1.807, 2.05) is 6.26 Å². The predicted molar refractivity (Wildman–Crippen MR) is 62.7 cm³/mol. The second-order valence-corrected chi connectivity index (χ2v) is 4.17. The molecule has 78 valence electrons. The third kappa shape index (κ3) is 2.96. The van der Waals surface area contributed by atoms with E-state index in [1.54, 1.807) is 11.8 Å². The van der Waals surface area contributed by atoms with Gasteiger partial charge in [0.05, 0.1) is 16.4 Å². The second kappa shape index (κ2) is 5.32. The number of benzene rings is 1. The first-order valence-electron chi connectivity index (χ1n) is 4.12. The van der Waals surface area contributed by atoms with Crippen LogP contribution in [0.25, 0.3) is 0 Å². The summed E-state index contributed by atoms with van der Waals surface area (Å²) in [7, 11) is 0. The molecule has 0 aliphatic heterocycles. The van der Waals surface area contributed by atoms with Gasteiger partial charge in [-0.25, -0.2) is 4.39 Å². The molecule has 0 aliphatic rings. The number of halogens is 2. The molecule has 0 atom stereocenters. The molecule has 1 rings (SSSR count). The zero-order valence-electron chi connectivity index (χ0n) is 7.81. The molecule has 0 fully saturated rings. The van der Waals surface area contributed by atoms with Crippen molar-refractivity contribution in [3.8, 4) is 0 Å². The number of thioether (sulfide) groups is 1. The van der Waals surface area contributed by atoms with Gasteiger partial charge in [0.1, 0.15) is 5.82 Å². The molecular weight excluding hydrogens is 223 g/mol. The van der Waals surface area contributed by atoms with Crippen molar-refractivity contribution >= 4 is 34.7 Å². The van der Waals surface area contributed by atoms with Crippen LogP contribution in [-0.4, -0.2) is 18.6 Å². The van der Waals surface area contributed by atoms with Gasteiger partial charge in [-0.3, -0.25) is 0 Å². The predicted octanol–water partition coefficient (Wildman–Crippen LogP) is 2.84. The van der Waals surface area contributed by atoms with Crippen molar-refractivity contribution in [2.75, 3.05) is 29.6 Å². The van der Waals surface area contributed by atoms with Crippen molar-refractivity contribution in [3.05, 3.63) is 23.0 Å². The van der Waals surface area contributed by atoms with Gasteiger partial charge in [0.15, 0.2) is 0 Å². The average Bonchev–Trinajstić information content (AvgIpc) is 2.14. The topological polar surface area (TPSA) is 38.0 Å². The molecule has 0 unspecified atom stereocenters. The van der Waals surface area contributed by atoms with Gasteiger partial charge in [-0.05, 0) is 12.3 Å². The lowest BCUT2D eigenvalue weighted by molar-refractivity contribution is 0.629. The molecular formula is C9H12ClFN2S. The van der Waals surface area contributed by atoms with Crippen LogP contribution in [0.15, 0.2) is 12.1 Å². The van der Waals surface area contributed by atoms with Crippen LogP contribution >= 0.6 is 23.4 Å². The third-order valence-corrected chi connectivity index (χ3v) is 2.62. The van der Waals surface area contributed by atoms with E-state index in [2.05, 4.69) is 5.32 Å². The minimum absolute atomic E-state index is 0.0888. The van der Waals surface area contributed by atoms with E-state index >= 15 is 0 Å². The Labute approximate surface area is 92.0 Å². The fourth-order valence-corrected chi connectivity index (χ4v) is 1.47. The highest BCUT2D eigenvalue weighted by Crippen LogP contribution is 2.25. The molecule has 0 radical (unpaired) electrons. The van der Waals surface area contributed by atoms with Crippen LogP contribution < -0.4 is 11.1 Å². The van der Waals surface area contributed by atoms with Gasteiger partial charge < -0.3 is 11.1 Å². The van der Waals surface area contributed by atoms with Crippen molar-refractivity contribution in [3.63, 3.8) is 0 Å². The Morgan fingerprint density at radius 2 is 2.29 bits per heavy atom. The van der Waals surface area contributed by atoms with Crippen LogP contribution in [0.5, 0.6) is 0 Å². The minimum atomic E-state index is -0.486. The molecule has 0 saturated heterocycles. The summed E-state index contributed by atoms with van der Waals surface area (Å²) in [6.45, 7) is 0.785. The first-order valence-corrected chi connectivity index (χ1v) is 5.89. The van der Waals surface area contributed by atoms with E-state index < -0.39 is 5.82 Å². The molecule has 5 heteroatoms. The molecule has 0 bridgehead atoms. The molecule has 0 heterocycles. The molecule has 1 aromatic carbocycles. The fourth-order valence-electron chi connectivity index (χ4n) is 1.00. The fraction of sp³-hybridized carbons (Fsp3) is 0.333. The van der Waals surface area contributed by atoms with Crippen LogP contribution in [0.2, 0.25) is 5.02 Å². The summed E-state index contributed by atoms with van der Waals surface area (Å²) in [6.07, 6.45) is 2.02. The maximum absolute atomic E-state index is 12.9. The lowest BCUT2D eigenvalue weighted by atomic mass is 10.2. The lowest BCUT2D eigenvalue weighted by Crippen LogP contribution is -2.06. The quantitative estimate of drug-likeness (QED) is 0.622. The van der Waals surface area contributed by atoms with Crippen LogP contribution in [-0.2, 0) is 0 Å². The lowest BCUT2D eigenvalue weighted by Gasteiger charge is -2.09. The molecule has 0 aromatic heterocycles. The highest BCUT2D eigenvalue weighted by Gasteiger charge is 2.05. The molecule has 0 aliphatic carbocycles. The van der Waals surface area contributed by atoms with Gasteiger partial charge in [-0.1, -0.05) is 11.6 Å². The normalized spacial score (nSPS) is 10.2. The van der Waals surface area contributed by atoms with E-state index in [0.29, 0.717) is 11.4 Å². The van der Waals surface area contributed by atoms with E-state index in [9.17, 15) is 4.39 Å². The largest absolute Gasteiger partial charge is 0.397 e. The molecule has 3 N–H and O–H groups in total. The Bertz CT molecular complexity index is 320. The first kappa shape index (κ1) is 11.5. The molecule has 14 heavy (non-hydrogen) atoms. The van der Waals surface area contributed by atoms with Gasteiger partial charge in [0.2, 0.25) is 0 Å². The maximum atomic E-state index is 12.9. The highest BCUT2D eigenvalue weighted by molar-refractivity contribution is 7.98. The van der Waals surface area contributed by atoms with Gasteiger partial charge >= 0.3 is 0 Å². The van der Waals surface area contributed by atoms with Crippen LogP contribution in [0.1, 0.15) is 0 Å². The van der Waals surface area contributed by atoms with E-state index in [-0.39, 0.29) is 5.02 Å². The monoisotopic (exact) mass is 234 g/mol. The van der Waals surface area contributed by atoms with Crippen molar-refractivity contribution in [2.24, 2.45) is 0 Å². The number of nitrogen functional groups attached to an aromatic ring is 1. The van der Waals surface area contributed by atoms with E-state index in [1.165, 1.54) is 12.1 Å². The summed E-state index contributed by atoms with van der Waals surface area (Å²) in [5.74, 6) is 0.480. The zero-order valence-corrected chi connectivity index (χ0v) is 9.38. The van der Waals surface area contributed by atoms with Crippen LogP contribution in [0.3, 0.4) is 0 Å². The standard InChI is InChI=1S/C9H12ClFN2S/c1-14-3-2-13-9-4-6(10)7(11)5-8(9)12/h4-5,13H,2-3,12H2,1H3.